The molecule has 4 heteroatoms. The first-order valence-corrected chi connectivity index (χ1v) is 4.51. The van der Waals surface area contributed by atoms with Crippen LogP contribution < -0.4 is 4.74 Å². The van der Waals surface area contributed by atoms with E-state index < -0.39 is 18.1 Å². The summed E-state index contributed by atoms with van der Waals surface area (Å²) in [6.07, 6.45) is -0.576. The van der Waals surface area contributed by atoms with Gasteiger partial charge >= 0.3 is 5.97 Å². The smallest absolute Gasteiger partial charge is 0.306 e. The Morgan fingerprint density at radius 1 is 1.53 bits per heavy atom. The molecular formula is C11H13FO3. The number of alkyl halides is 1. The molecule has 1 N–H and O–H groups in total. The molecular weight excluding hydrogens is 199 g/mol. The number of rotatable bonds is 4. The van der Waals surface area contributed by atoms with E-state index in [4.69, 9.17) is 9.84 Å². The van der Waals surface area contributed by atoms with Gasteiger partial charge in [-0.2, -0.15) is 0 Å². The van der Waals surface area contributed by atoms with Crippen molar-refractivity contribution in [2.45, 2.75) is 19.0 Å². The van der Waals surface area contributed by atoms with Crippen LogP contribution in [0.1, 0.15) is 18.9 Å². The van der Waals surface area contributed by atoms with Gasteiger partial charge in [0, 0.05) is 5.56 Å². The summed E-state index contributed by atoms with van der Waals surface area (Å²) >= 11 is 0. The molecule has 0 bridgehead atoms. The molecule has 1 atom stereocenters. The Hall–Kier alpha value is -1.58. The second kappa shape index (κ2) is 4.29. The van der Waals surface area contributed by atoms with Gasteiger partial charge in [0.15, 0.2) is 0 Å². The van der Waals surface area contributed by atoms with Gasteiger partial charge in [0.05, 0.1) is 13.5 Å². The number of ether oxygens (including phenoxy) is 1. The van der Waals surface area contributed by atoms with Gasteiger partial charge in [-0.15, -0.1) is 0 Å². The second-order valence-corrected chi connectivity index (χ2v) is 3.47. The Balaban J connectivity index is 3.07. The van der Waals surface area contributed by atoms with Crippen LogP contribution in [0, 0.1) is 0 Å². The number of hydrogen-bond acceptors (Lipinski definition) is 2. The molecule has 0 saturated carbocycles. The second-order valence-electron chi connectivity index (χ2n) is 3.47. The maximum atomic E-state index is 14.1. The Kier molecular flexibility index (Phi) is 3.29. The summed E-state index contributed by atoms with van der Waals surface area (Å²) in [7, 11) is 1.43. The fraction of sp³-hybridized carbons (Fsp3) is 0.364. The van der Waals surface area contributed by atoms with Crippen LogP contribution in [0.5, 0.6) is 5.75 Å². The van der Waals surface area contributed by atoms with E-state index in [0.717, 1.165) is 0 Å². The van der Waals surface area contributed by atoms with Gasteiger partial charge in [0.2, 0.25) is 0 Å². The third-order valence-electron chi connectivity index (χ3n) is 2.15. The van der Waals surface area contributed by atoms with Crippen LogP contribution in [-0.2, 0) is 10.5 Å². The van der Waals surface area contributed by atoms with E-state index in [9.17, 15) is 9.18 Å². The van der Waals surface area contributed by atoms with E-state index in [0.29, 0.717) is 5.75 Å². The molecule has 0 aromatic heterocycles. The lowest BCUT2D eigenvalue weighted by atomic mass is 9.93. The van der Waals surface area contributed by atoms with Crippen molar-refractivity contribution in [3.05, 3.63) is 29.8 Å². The minimum Gasteiger partial charge on any atom is -0.496 e. The number of methoxy groups -OCH3 is 1. The van der Waals surface area contributed by atoms with Crippen molar-refractivity contribution in [1.82, 2.24) is 0 Å². The van der Waals surface area contributed by atoms with Crippen molar-refractivity contribution >= 4 is 5.97 Å². The van der Waals surface area contributed by atoms with Crippen LogP contribution in [0.15, 0.2) is 24.3 Å². The molecule has 0 spiro atoms. The van der Waals surface area contributed by atoms with Crippen LogP contribution in [0.25, 0.3) is 0 Å². The van der Waals surface area contributed by atoms with Crippen LogP contribution >= 0.6 is 0 Å². The number of carboxylic acids is 1. The first-order chi connectivity index (χ1) is 6.97. The van der Waals surface area contributed by atoms with Gasteiger partial charge in [-0.3, -0.25) is 4.79 Å². The van der Waals surface area contributed by atoms with Crippen molar-refractivity contribution < 1.29 is 19.0 Å². The van der Waals surface area contributed by atoms with Crippen LogP contribution in [0.2, 0.25) is 0 Å². The predicted octanol–water partition coefficient (Wildman–Crippen LogP) is 2.35. The number of halogens is 1. The SMILES string of the molecule is COc1ccccc1C(C)(F)CC(=O)O. The molecule has 1 aromatic rings. The largest absolute Gasteiger partial charge is 0.496 e. The van der Waals surface area contributed by atoms with Crippen molar-refractivity contribution in [1.29, 1.82) is 0 Å². The van der Waals surface area contributed by atoms with Crippen molar-refractivity contribution in [2.24, 2.45) is 0 Å². The van der Waals surface area contributed by atoms with Crippen LogP contribution in [0.3, 0.4) is 0 Å². The molecule has 0 saturated heterocycles. The van der Waals surface area contributed by atoms with Crippen LogP contribution in [-0.4, -0.2) is 18.2 Å². The summed E-state index contributed by atoms with van der Waals surface area (Å²) < 4.78 is 19.0. The average Bonchev–Trinajstić information content (AvgIpc) is 2.16. The highest BCUT2D eigenvalue weighted by molar-refractivity contribution is 5.68. The molecule has 0 amide bonds. The van der Waals surface area contributed by atoms with E-state index >= 15 is 0 Å². The molecule has 1 aromatic carbocycles. The maximum absolute atomic E-state index is 14.1. The highest BCUT2D eigenvalue weighted by Gasteiger charge is 2.31. The molecule has 3 nitrogen and oxygen atoms in total. The van der Waals surface area contributed by atoms with E-state index in [1.807, 2.05) is 0 Å². The Bertz CT molecular complexity index is 361. The summed E-state index contributed by atoms with van der Waals surface area (Å²) in [6.45, 7) is 1.24. The molecule has 0 aliphatic rings. The van der Waals surface area contributed by atoms with Gasteiger partial charge in [0.25, 0.3) is 0 Å². The van der Waals surface area contributed by atoms with Gasteiger partial charge < -0.3 is 9.84 Å². The van der Waals surface area contributed by atoms with E-state index in [1.54, 1.807) is 18.2 Å². The van der Waals surface area contributed by atoms with Crippen molar-refractivity contribution in [2.75, 3.05) is 7.11 Å². The zero-order valence-electron chi connectivity index (χ0n) is 8.66. The molecule has 0 fully saturated rings. The Morgan fingerprint density at radius 3 is 2.67 bits per heavy atom. The number of benzene rings is 1. The minimum atomic E-state index is -1.92. The Morgan fingerprint density at radius 2 is 2.13 bits per heavy atom. The minimum absolute atomic E-state index is 0.259. The fourth-order valence-corrected chi connectivity index (χ4v) is 1.45. The topological polar surface area (TPSA) is 46.5 Å². The summed E-state index contributed by atoms with van der Waals surface area (Å²) in [5.74, 6) is -0.811. The van der Waals surface area contributed by atoms with Crippen molar-refractivity contribution in [3.63, 3.8) is 0 Å². The summed E-state index contributed by atoms with van der Waals surface area (Å²) in [5.41, 5.74) is -1.66. The molecule has 1 rings (SSSR count). The maximum Gasteiger partial charge on any atom is 0.306 e. The fourth-order valence-electron chi connectivity index (χ4n) is 1.45. The molecule has 0 heterocycles. The number of carbonyl (C=O) groups is 1. The lowest BCUT2D eigenvalue weighted by Gasteiger charge is -2.20. The summed E-state index contributed by atoms with van der Waals surface area (Å²) in [4.78, 5) is 10.5. The van der Waals surface area contributed by atoms with Gasteiger partial charge in [-0.1, -0.05) is 18.2 Å². The van der Waals surface area contributed by atoms with Crippen molar-refractivity contribution in [3.8, 4) is 5.75 Å². The lowest BCUT2D eigenvalue weighted by molar-refractivity contribution is -0.140. The highest BCUT2D eigenvalue weighted by atomic mass is 19.1. The molecule has 0 aliphatic carbocycles. The quantitative estimate of drug-likeness (QED) is 0.833. The zero-order valence-corrected chi connectivity index (χ0v) is 8.66. The first-order valence-electron chi connectivity index (χ1n) is 4.51. The Labute approximate surface area is 87.5 Å². The highest BCUT2D eigenvalue weighted by Crippen LogP contribution is 2.35. The predicted molar refractivity (Wildman–Crippen MR) is 53.7 cm³/mol. The number of hydrogen-bond donors (Lipinski definition) is 1. The summed E-state index contributed by atoms with van der Waals surface area (Å²) in [6, 6.07) is 6.49. The standard InChI is InChI=1S/C11H13FO3/c1-11(12,7-10(13)14)8-5-3-4-6-9(8)15-2/h3-6H,7H2,1-2H3,(H,13,14). The summed E-state index contributed by atoms with van der Waals surface area (Å²) in [5, 5.41) is 8.59. The van der Waals surface area contributed by atoms with E-state index in [2.05, 4.69) is 0 Å². The molecule has 82 valence electrons. The molecule has 1 unspecified atom stereocenters. The number of aliphatic carboxylic acids is 1. The third-order valence-corrected chi connectivity index (χ3v) is 2.15. The molecule has 0 aliphatic heterocycles. The van der Waals surface area contributed by atoms with E-state index in [-0.39, 0.29) is 5.56 Å². The lowest BCUT2D eigenvalue weighted by Crippen LogP contribution is -2.20. The molecule has 0 radical (unpaired) electrons. The van der Waals surface area contributed by atoms with Gasteiger partial charge in [-0.25, -0.2) is 4.39 Å². The number of carboxylic acid groups (broad SMARTS) is 1. The first kappa shape index (κ1) is 11.5. The monoisotopic (exact) mass is 212 g/mol. The van der Waals surface area contributed by atoms with Crippen LogP contribution in [0.4, 0.5) is 4.39 Å². The average molecular weight is 212 g/mol. The van der Waals surface area contributed by atoms with Gasteiger partial charge in [-0.05, 0) is 13.0 Å². The van der Waals surface area contributed by atoms with Gasteiger partial charge in [0.1, 0.15) is 11.4 Å². The number of para-hydroxylation sites is 1. The normalized spacial score (nSPS) is 14.3. The third kappa shape index (κ3) is 2.68. The zero-order chi connectivity index (χ0) is 11.5. The van der Waals surface area contributed by atoms with E-state index in [1.165, 1.54) is 20.1 Å². The molecule has 15 heavy (non-hydrogen) atoms.